The number of fused-ring (bicyclic) bond motifs is 1. The fourth-order valence-electron chi connectivity index (χ4n) is 2.74. The van der Waals surface area contributed by atoms with Gasteiger partial charge in [0.2, 0.25) is 0 Å². The molecule has 1 N–H and O–H groups in total. The van der Waals surface area contributed by atoms with Crippen LogP contribution in [0.5, 0.6) is 11.5 Å². The van der Waals surface area contributed by atoms with Crippen molar-refractivity contribution in [1.82, 2.24) is 5.32 Å². The van der Waals surface area contributed by atoms with E-state index in [2.05, 4.69) is 5.32 Å². The highest BCUT2D eigenvalue weighted by molar-refractivity contribution is 6.31. The minimum absolute atomic E-state index is 0.0850. The molecule has 0 bridgehead atoms. The van der Waals surface area contributed by atoms with Gasteiger partial charge in [-0.3, -0.25) is 0 Å². The van der Waals surface area contributed by atoms with Crippen molar-refractivity contribution < 1.29 is 13.9 Å². The molecule has 2 aromatic carbocycles. The highest BCUT2D eigenvalue weighted by atomic mass is 35.5. The maximum Gasteiger partial charge on any atom is 0.141 e. The number of hydrogen-bond donors (Lipinski definition) is 1. The van der Waals surface area contributed by atoms with Gasteiger partial charge in [-0.05, 0) is 36.9 Å². The Kier molecular flexibility index (Phi) is 4.23. The monoisotopic (exact) mass is 321 g/mol. The van der Waals surface area contributed by atoms with E-state index in [1.54, 1.807) is 19.2 Å². The van der Waals surface area contributed by atoms with Crippen molar-refractivity contribution in [3.8, 4) is 22.6 Å². The van der Waals surface area contributed by atoms with Crippen molar-refractivity contribution in [1.29, 1.82) is 0 Å². The van der Waals surface area contributed by atoms with Crippen LogP contribution in [0.15, 0.2) is 30.3 Å². The Morgan fingerprint density at radius 1 is 1.36 bits per heavy atom. The molecule has 3 nitrogen and oxygen atoms in total. The fourth-order valence-corrected chi connectivity index (χ4v) is 2.92. The minimum Gasteiger partial charge on any atom is -0.497 e. The Morgan fingerprint density at radius 3 is 2.86 bits per heavy atom. The van der Waals surface area contributed by atoms with Crippen molar-refractivity contribution in [2.75, 3.05) is 20.7 Å². The minimum atomic E-state index is -0.432. The lowest BCUT2D eigenvalue weighted by atomic mass is 10.00. The zero-order chi connectivity index (χ0) is 15.7. The van der Waals surface area contributed by atoms with Crippen LogP contribution in [-0.2, 0) is 6.42 Å². The fraction of sp³-hybridized carbons (Fsp3) is 0.294. The lowest BCUT2D eigenvalue weighted by Gasteiger charge is -2.13. The van der Waals surface area contributed by atoms with E-state index in [4.69, 9.17) is 21.1 Å². The van der Waals surface area contributed by atoms with Crippen LogP contribution >= 0.6 is 11.6 Å². The van der Waals surface area contributed by atoms with Gasteiger partial charge in [-0.1, -0.05) is 17.7 Å². The van der Waals surface area contributed by atoms with Crippen molar-refractivity contribution in [3.05, 3.63) is 46.7 Å². The largest absolute Gasteiger partial charge is 0.497 e. The number of ether oxygens (including phenoxy) is 2. The zero-order valence-corrected chi connectivity index (χ0v) is 13.2. The molecule has 0 spiro atoms. The highest BCUT2D eigenvalue weighted by Crippen LogP contribution is 2.42. The summed E-state index contributed by atoms with van der Waals surface area (Å²) in [6, 6.07) is 8.55. The first kappa shape index (κ1) is 15.1. The predicted octanol–water partition coefficient (Wildman–Crippen LogP) is 3.68. The number of rotatable bonds is 4. The summed E-state index contributed by atoms with van der Waals surface area (Å²) in [5.74, 6) is 1.14. The molecule has 1 atom stereocenters. The summed E-state index contributed by atoms with van der Waals surface area (Å²) in [5, 5.41) is 3.22. The first-order valence-electron chi connectivity index (χ1n) is 7.10. The molecule has 0 saturated carbocycles. The van der Waals surface area contributed by atoms with Crippen LogP contribution in [-0.4, -0.2) is 26.8 Å². The maximum atomic E-state index is 13.4. The second-order valence-corrected chi connectivity index (χ2v) is 5.70. The first-order chi connectivity index (χ1) is 10.6. The van der Waals surface area contributed by atoms with E-state index in [0.29, 0.717) is 0 Å². The summed E-state index contributed by atoms with van der Waals surface area (Å²) in [5.41, 5.74) is 2.77. The number of hydrogen-bond acceptors (Lipinski definition) is 3. The summed E-state index contributed by atoms with van der Waals surface area (Å²) in [6.45, 7) is 0.764. The second-order valence-electron chi connectivity index (χ2n) is 5.29. The van der Waals surface area contributed by atoms with Crippen LogP contribution in [0.1, 0.15) is 5.56 Å². The second kappa shape index (κ2) is 6.15. The molecule has 0 saturated heterocycles. The molecule has 1 aliphatic rings. The average Bonchev–Trinajstić information content (AvgIpc) is 2.91. The van der Waals surface area contributed by atoms with Gasteiger partial charge in [0.1, 0.15) is 23.4 Å². The van der Waals surface area contributed by atoms with Gasteiger partial charge in [0, 0.05) is 24.1 Å². The quantitative estimate of drug-likeness (QED) is 0.932. The molecule has 116 valence electrons. The van der Waals surface area contributed by atoms with Crippen LogP contribution in [0.3, 0.4) is 0 Å². The third-order valence-corrected chi connectivity index (χ3v) is 4.06. The first-order valence-corrected chi connectivity index (χ1v) is 7.47. The molecular formula is C17H17ClFNO2. The van der Waals surface area contributed by atoms with Crippen molar-refractivity contribution in [2.24, 2.45) is 0 Å². The van der Waals surface area contributed by atoms with E-state index in [9.17, 15) is 4.39 Å². The summed E-state index contributed by atoms with van der Waals surface area (Å²) in [4.78, 5) is 0. The summed E-state index contributed by atoms with van der Waals surface area (Å²) < 4.78 is 24.8. The summed E-state index contributed by atoms with van der Waals surface area (Å²) >= 11 is 5.91. The van der Waals surface area contributed by atoms with Gasteiger partial charge in [0.15, 0.2) is 0 Å². The van der Waals surface area contributed by atoms with Gasteiger partial charge in [-0.25, -0.2) is 4.39 Å². The van der Waals surface area contributed by atoms with Gasteiger partial charge in [0.25, 0.3) is 0 Å². The molecule has 1 aliphatic heterocycles. The van der Waals surface area contributed by atoms with E-state index in [-0.39, 0.29) is 11.1 Å². The Balaban J connectivity index is 2.08. The Morgan fingerprint density at radius 2 is 2.18 bits per heavy atom. The van der Waals surface area contributed by atoms with Crippen LogP contribution in [0, 0.1) is 5.82 Å². The van der Waals surface area contributed by atoms with Crippen molar-refractivity contribution >= 4 is 11.6 Å². The maximum absolute atomic E-state index is 13.4. The summed E-state index contributed by atoms with van der Waals surface area (Å²) in [6.07, 6.45) is 0.900. The van der Waals surface area contributed by atoms with Gasteiger partial charge in [-0.2, -0.15) is 0 Å². The van der Waals surface area contributed by atoms with E-state index < -0.39 is 5.82 Å². The van der Waals surface area contributed by atoms with Gasteiger partial charge in [-0.15, -0.1) is 0 Å². The molecule has 2 aromatic rings. The van der Waals surface area contributed by atoms with Crippen LogP contribution in [0.25, 0.3) is 11.1 Å². The van der Waals surface area contributed by atoms with Gasteiger partial charge < -0.3 is 14.8 Å². The van der Waals surface area contributed by atoms with E-state index in [1.165, 1.54) is 6.07 Å². The molecule has 0 fully saturated rings. The topological polar surface area (TPSA) is 30.5 Å². The Hall–Kier alpha value is -1.78. The standard InChI is InChI=1S/C17H17ClFNO2/c1-20-9-13-6-11-5-12(21-2)8-14(17(11)22-13)10-3-4-16(19)15(18)7-10/h3-5,7-8,13,20H,6,9H2,1-2H3/t13-/m1/s1. The van der Waals surface area contributed by atoms with Crippen LogP contribution < -0.4 is 14.8 Å². The zero-order valence-electron chi connectivity index (χ0n) is 12.5. The number of likely N-dealkylation sites (N-methyl/N-ethyl adjacent to an activating group) is 1. The smallest absolute Gasteiger partial charge is 0.141 e. The predicted molar refractivity (Wildman–Crippen MR) is 85.4 cm³/mol. The molecule has 0 unspecified atom stereocenters. The number of nitrogens with one attached hydrogen (secondary N) is 1. The third kappa shape index (κ3) is 2.76. The van der Waals surface area contributed by atoms with Gasteiger partial charge in [0.05, 0.1) is 12.1 Å². The molecule has 22 heavy (non-hydrogen) atoms. The third-order valence-electron chi connectivity index (χ3n) is 3.77. The van der Waals surface area contributed by atoms with Crippen LogP contribution in [0.4, 0.5) is 4.39 Å². The normalized spacial score (nSPS) is 16.3. The molecule has 3 rings (SSSR count). The Labute approximate surface area is 134 Å². The lowest BCUT2D eigenvalue weighted by Crippen LogP contribution is -2.27. The van der Waals surface area contributed by atoms with Crippen molar-refractivity contribution in [3.63, 3.8) is 0 Å². The van der Waals surface area contributed by atoms with E-state index >= 15 is 0 Å². The SMILES string of the molecule is CNC[C@H]1Cc2cc(OC)cc(-c3ccc(F)c(Cl)c3)c2O1. The highest BCUT2D eigenvalue weighted by Gasteiger charge is 2.26. The molecule has 0 aromatic heterocycles. The number of methoxy groups -OCH3 is 1. The number of halogens is 2. The summed E-state index contributed by atoms with van der Waals surface area (Å²) in [7, 11) is 3.53. The molecule has 0 radical (unpaired) electrons. The number of benzene rings is 2. The Bertz CT molecular complexity index is 705. The van der Waals surface area contributed by atoms with Crippen molar-refractivity contribution in [2.45, 2.75) is 12.5 Å². The van der Waals surface area contributed by atoms with Gasteiger partial charge >= 0.3 is 0 Å². The molecule has 0 amide bonds. The molecular weight excluding hydrogens is 305 g/mol. The molecule has 0 aliphatic carbocycles. The van der Waals surface area contributed by atoms with Crippen LogP contribution in [0.2, 0.25) is 5.02 Å². The van der Waals surface area contributed by atoms with E-state index in [1.807, 2.05) is 19.2 Å². The van der Waals surface area contributed by atoms with E-state index in [0.717, 1.165) is 41.2 Å². The average molecular weight is 322 g/mol. The molecule has 5 heteroatoms. The lowest BCUT2D eigenvalue weighted by molar-refractivity contribution is 0.232. The molecule has 1 heterocycles.